The zero-order valence-corrected chi connectivity index (χ0v) is 11.0. The van der Waals surface area contributed by atoms with Crippen molar-refractivity contribution in [3.05, 3.63) is 27.2 Å². The van der Waals surface area contributed by atoms with Crippen molar-refractivity contribution >= 4 is 33.5 Å². The molecule has 0 saturated heterocycles. The number of rotatable bonds is 4. The summed E-state index contributed by atoms with van der Waals surface area (Å²) in [7, 11) is 1.24. The first-order valence-electron chi connectivity index (χ1n) is 4.43. The highest BCUT2D eigenvalue weighted by atomic mass is 79.9. The Kier molecular flexibility index (Phi) is 5.14. The number of benzene rings is 1. The summed E-state index contributed by atoms with van der Waals surface area (Å²) in [6.07, 6.45) is -0.0664. The molecule has 17 heavy (non-hydrogen) atoms. The predicted octanol–water partition coefficient (Wildman–Crippen LogP) is 3.42. The molecule has 0 radical (unpaired) electrons. The van der Waals surface area contributed by atoms with Crippen molar-refractivity contribution in [2.24, 2.45) is 0 Å². The van der Waals surface area contributed by atoms with E-state index in [4.69, 9.17) is 11.6 Å². The fraction of sp³-hybridized carbons (Fsp3) is 0.300. The van der Waals surface area contributed by atoms with E-state index in [0.29, 0.717) is 5.56 Å². The molecule has 0 amide bonds. The van der Waals surface area contributed by atoms with E-state index in [1.807, 2.05) is 0 Å². The van der Waals surface area contributed by atoms with Crippen LogP contribution in [-0.2, 0) is 16.0 Å². The first kappa shape index (κ1) is 14.2. The second kappa shape index (κ2) is 6.16. The summed E-state index contributed by atoms with van der Waals surface area (Å²) in [5.74, 6) is -0.613. The van der Waals surface area contributed by atoms with E-state index in [2.05, 4.69) is 25.4 Å². The molecule has 0 spiro atoms. The van der Waals surface area contributed by atoms with Gasteiger partial charge >= 0.3 is 12.6 Å². The Balaban J connectivity index is 3.01. The molecule has 0 aliphatic rings. The van der Waals surface area contributed by atoms with E-state index in [0.717, 1.165) is 0 Å². The van der Waals surface area contributed by atoms with Crippen LogP contribution in [0.15, 0.2) is 16.6 Å². The van der Waals surface area contributed by atoms with Gasteiger partial charge in [-0.1, -0.05) is 11.6 Å². The van der Waals surface area contributed by atoms with Crippen LogP contribution in [0.4, 0.5) is 8.78 Å². The van der Waals surface area contributed by atoms with Crippen LogP contribution >= 0.6 is 27.5 Å². The third kappa shape index (κ3) is 4.12. The molecule has 0 N–H and O–H groups in total. The van der Waals surface area contributed by atoms with Crippen LogP contribution in [0, 0.1) is 0 Å². The molecule has 0 heterocycles. The zero-order chi connectivity index (χ0) is 13.0. The molecular formula is C10H8BrClF2O3. The molecule has 0 bridgehead atoms. The lowest BCUT2D eigenvalue weighted by molar-refractivity contribution is -0.139. The van der Waals surface area contributed by atoms with Gasteiger partial charge in [0.25, 0.3) is 0 Å². The summed E-state index contributed by atoms with van der Waals surface area (Å²) in [5.41, 5.74) is 0.431. The third-order valence-corrected chi connectivity index (χ3v) is 3.19. The first-order valence-corrected chi connectivity index (χ1v) is 5.60. The highest BCUT2D eigenvalue weighted by Gasteiger charge is 2.14. The molecule has 0 aromatic heterocycles. The van der Waals surface area contributed by atoms with Gasteiger partial charge in [-0.25, -0.2) is 0 Å². The van der Waals surface area contributed by atoms with Crippen molar-refractivity contribution in [1.29, 1.82) is 0 Å². The van der Waals surface area contributed by atoms with E-state index < -0.39 is 12.6 Å². The number of methoxy groups -OCH3 is 1. The lowest BCUT2D eigenvalue weighted by Gasteiger charge is -2.10. The molecule has 0 unspecified atom stereocenters. The van der Waals surface area contributed by atoms with Crippen LogP contribution in [0.1, 0.15) is 5.56 Å². The van der Waals surface area contributed by atoms with Crippen LogP contribution in [0.5, 0.6) is 5.75 Å². The number of ether oxygens (including phenoxy) is 2. The number of hydrogen-bond acceptors (Lipinski definition) is 3. The standard InChI is InChI=1S/C10H8BrClF2O3/c1-16-8(15)4-5-2-6(12)9(11)7(3-5)17-10(13)14/h2-3,10H,4H2,1H3. The number of hydrogen-bond donors (Lipinski definition) is 0. The first-order chi connectivity index (χ1) is 7.93. The maximum atomic E-state index is 12.1. The SMILES string of the molecule is COC(=O)Cc1cc(Cl)c(Br)c(OC(F)F)c1. The molecule has 0 aliphatic carbocycles. The van der Waals surface area contributed by atoms with Gasteiger partial charge in [-0.15, -0.1) is 0 Å². The number of carbonyl (C=O) groups is 1. The van der Waals surface area contributed by atoms with Gasteiger partial charge in [-0.2, -0.15) is 8.78 Å². The fourth-order valence-corrected chi connectivity index (χ4v) is 1.70. The van der Waals surface area contributed by atoms with Gasteiger partial charge in [0, 0.05) is 0 Å². The summed E-state index contributed by atoms with van der Waals surface area (Å²) in [4.78, 5) is 11.0. The monoisotopic (exact) mass is 328 g/mol. The largest absolute Gasteiger partial charge is 0.469 e. The molecule has 0 saturated carbocycles. The normalized spacial score (nSPS) is 10.5. The molecule has 1 rings (SSSR count). The van der Waals surface area contributed by atoms with Crippen LogP contribution < -0.4 is 4.74 Å². The Labute approximate surface area is 110 Å². The van der Waals surface area contributed by atoms with Crippen molar-refractivity contribution in [3.63, 3.8) is 0 Å². The van der Waals surface area contributed by atoms with Crippen LogP contribution in [0.25, 0.3) is 0 Å². The summed E-state index contributed by atoms with van der Waals surface area (Å²) in [6.45, 7) is -2.96. The molecule has 1 aromatic rings. The van der Waals surface area contributed by atoms with Gasteiger partial charge < -0.3 is 9.47 Å². The average Bonchev–Trinajstić information content (AvgIpc) is 2.24. The molecule has 0 aliphatic heterocycles. The smallest absolute Gasteiger partial charge is 0.387 e. The maximum absolute atomic E-state index is 12.1. The minimum atomic E-state index is -2.96. The highest BCUT2D eigenvalue weighted by molar-refractivity contribution is 9.10. The van der Waals surface area contributed by atoms with Gasteiger partial charge in [0.05, 0.1) is 23.0 Å². The number of carbonyl (C=O) groups excluding carboxylic acids is 1. The number of alkyl halides is 2. The topological polar surface area (TPSA) is 35.5 Å². The number of esters is 1. The van der Waals surface area contributed by atoms with Crippen molar-refractivity contribution in [3.8, 4) is 5.75 Å². The Hall–Kier alpha value is -0.880. The molecule has 94 valence electrons. The maximum Gasteiger partial charge on any atom is 0.387 e. The minimum Gasteiger partial charge on any atom is -0.469 e. The summed E-state index contributed by atoms with van der Waals surface area (Å²) < 4.78 is 33.2. The van der Waals surface area contributed by atoms with Gasteiger partial charge in [-0.3, -0.25) is 4.79 Å². The molecular weight excluding hydrogens is 321 g/mol. The fourth-order valence-electron chi connectivity index (χ4n) is 1.14. The predicted molar refractivity (Wildman–Crippen MR) is 61.5 cm³/mol. The van der Waals surface area contributed by atoms with Crippen LogP contribution in [-0.4, -0.2) is 19.7 Å². The van der Waals surface area contributed by atoms with E-state index in [1.165, 1.54) is 19.2 Å². The van der Waals surface area contributed by atoms with E-state index in [9.17, 15) is 13.6 Å². The molecule has 7 heteroatoms. The third-order valence-electron chi connectivity index (χ3n) is 1.85. The van der Waals surface area contributed by atoms with Gasteiger partial charge in [-0.05, 0) is 33.6 Å². The van der Waals surface area contributed by atoms with Crippen LogP contribution in [0.3, 0.4) is 0 Å². The average molecular weight is 330 g/mol. The van der Waals surface area contributed by atoms with E-state index >= 15 is 0 Å². The minimum absolute atomic E-state index is 0.0664. The Morgan fingerprint density at radius 3 is 2.71 bits per heavy atom. The van der Waals surface area contributed by atoms with Crippen molar-refractivity contribution in [2.75, 3.05) is 7.11 Å². The zero-order valence-electron chi connectivity index (χ0n) is 8.68. The lowest BCUT2D eigenvalue weighted by atomic mass is 10.1. The van der Waals surface area contributed by atoms with Crippen molar-refractivity contribution < 1.29 is 23.0 Å². The lowest BCUT2D eigenvalue weighted by Crippen LogP contribution is -2.07. The van der Waals surface area contributed by atoms with E-state index in [-0.39, 0.29) is 21.7 Å². The van der Waals surface area contributed by atoms with Gasteiger partial charge in [0.1, 0.15) is 5.75 Å². The van der Waals surface area contributed by atoms with E-state index in [1.54, 1.807) is 0 Å². The summed E-state index contributed by atoms with van der Waals surface area (Å²) in [6, 6.07) is 2.78. The summed E-state index contributed by atoms with van der Waals surface area (Å²) in [5, 5.41) is 0.182. The van der Waals surface area contributed by atoms with Crippen molar-refractivity contribution in [1.82, 2.24) is 0 Å². The summed E-state index contributed by atoms with van der Waals surface area (Å²) >= 11 is 8.82. The van der Waals surface area contributed by atoms with Gasteiger partial charge in [0.2, 0.25) is 0 Å². The Bertz CT molecular complexity index is 426. The molecule has 3 nitrogen and oxygen atoms in total. The highest BCUT2D eigenvalue weighted by Crippen LogP contribution is 2.34. The van der Waals surface area contributed by atoms with Gasteiger partial charge in [0.15, 0.2) is 0 Å². The number of halogens is 4. The second-order valence-electron chi connectivity index (χ2n) is 3.02. The van der Waals surface area contributed by atoms with Crippen molar-refractivity contribution in [2.45, 2.75) is 13.0 Å². The van der Waals surface area contributed by atoms with Crippen LogP contribution in [0.2, 0.25) is 5.02 Å². The molecule has 0 atom stereocenters. The Morgan fingerprint density at radius 2 is 2.18 bits per heavy atom. The Morgan fingerprint density at radius 1 is 1.53 bits per heavy atom. The molecule has 1 aromatic carbocycles. The quantitative estimate of drug-likeness (QED) is 0.794. The second-order valence-corrected chi connectivity index (χ2v) is 4.22. The molecule has 0 fully saturated rings.